The Bertz CT molecular complexity index is 741. The number of methoxy groups -OCH3 is 1. The lowest BCUT2D eigenvalue weighted by Crippen LogP contribution is -2.16. The molecule has 3 aromatic heterocycles. The van der Waals surface area contributed by atoms with E-state index in [1.807, 2.05) is 23.0 Å². The zero-order chi connectivity index (χ0) is 15.2. The van der Waals surface area contributed by atoms with Crippen molar-refractivity contribution in [2.45, 2.75) is 19.5 Å². The van der Waals surface area contributed by atoms with Crippen molar-refractivity contribution < 1.29 is 4.74 Å². The van der Waals surface area contributed by atoms with E-state index in [0.717, 1.165) is 42.8 Å². The fourth-order valence-electron chi connectivity index (χ4n) is 2.26. The first-order valence-electron chi connectivity index (χ1n) is 7.17. The first kappa shape index (κ1) is 14.4. The molecule has 7 heteroatoms. The van der Waals surface area contributed by atoms with E-state index >= 15 is 0 Å². The molecule has 0 amide bonds. The van der Waals surface area contributed by atoms with Crippen LogP contribution in [0.3, 0.4) is 0 Å². The van der Waals surface area contributed by atoms with Crippen LogP contribution in [0.4, 0.5) is 0 Å². The number of fused-ring (bicyclic) bond motifs is 1. The van der Waals surface area contributed by atoms with Crippen LogP contribution in [0, 0.1) is 0 Å². The quantitative estimate of drug-likeness (QED) is 0.665. The maximum Gasteiger partial charge on any atom is 0.213 e. The molecule has 22 heavy (non-hydrogen) atoms. The normalized spacial score (nSPS) is 11.0. The second-order valence-electron chi connectivity index (χ2n) is 4.91. The second-order valence-corrected chi connectivity index (χ2v) is 4.91. The Morgan fingerprint density at radius 3 is 3.14 bits per heavy atom. The van der Waals surface area contributed by atoms with Gasteiger partial charge in [-0.15, -0.1) is 0 Å². The molecule has 0 saturated carbocycles. The Labute approximate surface area is 128 Å². The summed E-state index contributed by atoms with van der Waals surface area (Å²) in [5.74, 6) is 0.642. The molecule has 7 nitrogen and oxygen atoms in total. The van der Waals surface area contributed by atoms with Crippen molar-refractivity contribution in [2.24, 2.45) is 0 Å². The maximum atomic E-state index is 5.11. The summed E-state index contributed by atoms with van der Waals surface area (Å²) < 4.78 is 7.16. The van der Waals surface area contributed by atoms with Crippen LogP contribution in [0.25, 0.3) is 11.2 Å². The topological polar surface area (TPSA) is 77.8 Å². The predicted octanol–water partition coefficient (Wildman–Crippen LogP) is 1.41. The fraction of sp³-hybridized carbons (Fsp3) is 0.333. The van der Waals surface area contributed by atoms with Crippen molar-refractivity contribution in [1.82, 2.24) is 29.8 Å². The Balaban J connectivity index is 1.45. The van der Waals surface area contributed by atoms with Crippen LogP contribution in [0.1, 0.15) is 12.0 Å². The van der Waals surface area contributed by atoms with E-state index in [9.17, 15) is 0 Å². The molecule has 0 bridgehead atoms. The van der Waals surface area contributed by atoms with Gasteiger partial charge in [-0.25, -0.2) is 19.9 Å². The van der Waals surface area contributed by atoms with Gasteiger partial charge in [-0.1, -0.05) is 0 Å². The smallest absolute Gasteiger partial charge is 0.213 e. The van der Waals surface area contributed by atoms with E-state index in [1.165, 1.54) is 0 Å². The molecular formula is C15H18N6O. The summed E-state index contributed by atoms with van der Waals surface area (Å²) in [7, 11) is 1.62. The lowest BCUT2D eigenvalue weighted by atomic mass is 10.2. The zero-order valence-corrected chi connectivity index (χ0v) is 12.4. The van der Waals surface area contributed by atoms with Gasteiger partial charge in [0.1, 0.15) is 11.8 Å². The van der Waals surface area contributed by atoms with Crippen molar-refractivity contribution in [3.05, 3.63) is 42.7 Å². The van der Waals surface area contributed by atoms with Crippen molar-refractivity contribution in [3.8, 4) is 5.88 Å². The highest BCUT2D eigenvalue weighted by Gasteiger charge is 2.02. The van der Waals surface area contributed by atoms with Gasteiger partial charge in [0.25, 0.3) is 0 Å². The summed E-state index contributed by atoms with van der Waals surface area (Å²) in [5.41, 5.74) is 2.88. The number of imidazole rings is 1. The number of pyridine rings is 1. The largest absolute Gasteiger partial charge is 0.481 e. The lowest BCUT2D eigenvalue weighted by Gasteiger charge is -2.07. The molecule has 0 unspecified atom stereocenters. The molecule has 114 valence electrons. The Kier molecular flexibility index (Phi) is 4.55. The van der Waals surface area contributed by atoms with Crippen LogP contribution in [0.5, 0.6) is 5.88 Å². The third-order valence-electron chi connectivity index (χ3n) is 3.37. The number of hydrogen-bond donors (Lipinski definition) is 1. The third-order valence-corrected chi connectivity index (χ3v) is 3.37. The molecule has 1 N–H and O–H groups in total. The highest BCUT2D eigenvalue weighted by atomic mass is 16.5. The van der Waals surface area contributed by atoms with E-state index in [1.54, 1.807) is 25.8 Å². The molecule has 0 aliphatic rings. The standard InChI is InChI=1S/C15H18N6O/c1-22-14-7-12(3-5-18-14)8-16-4-2-6-21-11-20-13-9-17-10-19-15(13)21/h3,5,7,9-11,16H,2,4,6,8H2,1H3. The van der Waals surface area contributed by atoms with Gasteiger partial charge in [-0.2, -0.15) is 0 Å². The van der Waals surface area contributed by atoms with Crippen molar-refractivity contribution in [2.75, 3.05) is 13.7 Å². The van der Waals surface area contributed by atoms with E-state index in [4.69, 9.17) is 4.74 Å². The molecule has 3 aromatic rings. The fourth-order valence-corrected chi connectivity index (χ4v) is 2.26. The summed E-state index contributed by atoms with van der Waals surface area (Å²) in [6, 6.07) is 3.92. The number of aromatic nitrogens is 5. The number of nitrogens with one attached hydrogen (secondary N) is 1. The zero-order valence-electron chi connectivity index (χ0n) is 12.4. The van der Waals surface area contributed by atoms with Gasteiger partial charge in [0.2, 0.25) is 5.88 Å². The minimum absolute atomic E-state index is 0.642. The number of hydrogen-bond acceptors (Lipinski definition) is 6. The Hall–Kier alpha value is -2.54. The summed E-state index contributed by atoms with van der Waals surface area (Å²) in [6.07, 6.45) is 7.85. The van der Waals surface area contributed by atoms with Gasteiger partial charge in [0, 0.05) is 25.4 Å². The first-order valence-corrected chi connectivity index (χ1v) is 7.17. The van der Waals surface area contributed by atoms with Crippen LogP contribution in [0.15, 0.2) is 37.2 Å². The molecule has 3 rings (SSSR count). The molecule has 0 fully saturated rings. The van der Waals surface area contributed by atoms with Crippen LogP contribution in [-0.2, 0) is 13.1 Å². The van der Waals surface area contributed by atoms with E-state index in [-0.39, 0.29) is 0 Å². The molecule has 0 atom stereocenters. The number of rotatable bonds is 7. The van der Waals surface area contributed by atoms with Gasteiger partial charge in [0.05, 0.1) is 19.6 Å². The summed E-state index contributed by atoms with van der Waals surface area (Å²) in [4.78, 5) is 16.6. The summed E-state index contributed by atoms with van der Waals surface area (Å²) >= 11 is 0. The molecule has 0 aliphatic heterocycles. The highest BCUT2D eigenvalue weighted by molar-refractivity contribution is 5.68. The van der Waals surface area contributed by atoms with Crippen LogP contribution in [0.2, 0.25) is 0 Å². The first-order chi connectivity index (χ1) is 10.9. The average Bonchev–Trinajstić information content (AvgIpc) is 2.98. The molecule has 0 aliphatic carbocycles. The monoisotopic (exact) mass is 298 g/mol. The molecule has 0 spiro atoms. The highest BCUT2D eigenvalue weighted by Crippen LogP contribution is 2.09. The molecule has 3 heterocycles. The van der Waals surface area contributed by atoms with Gasteiger partial charge in [-0.3, -0.25) is 0 Å². The van der Waals surface area contributed by atoms with Crippen molar-refractivity contribution in [1.29, 1.82) is 0 Å². The third kappa shape index (κ3) is 3.37. The Morgan fingerprint density at radius 2 is 2.23 bits per heavy atom. The number of ether oxygens (including phenoxy) is 1. The minimum Gasteiger partial charge on any atom is -0.481 e. The SMILES string of the molecule is COc1cc(CNCCCn2cnc3cncnc32)ccn1. The van der Waals surface area contributed by atoms with Gasteiger partial charge >= 0.3 is 0 Å². The van der Waals surface area contributed by atoms with Gasteiger partial charge in [-0.05, 0) is 24.6 Å². The maximum absolute atomic E-state index is 5.11. The van der Waals surface area contributed by atoms with Gasteiger partial charge in [0.15, 0.2) is 5.65 Å². The van der Waals surface area contributed by atoms with Crippen LogP contribution < -0.4 is 10.1 Å². The summed E-state index contributed by atoms with van der Waals surface area (Å²) in [6.45, 7) is 2.58. The van der Waals surface area contributed by atoms with Crippen LogP contribution >= 0.6 is 0 Å². The molecular weight excluding hydrogens is 280 g/mol. The van der Waals surface area contributed by atoms with E-state index < -0.39 is 0 Å². The average molecular weight is 298 g/mol. The van der Waals surface area contributed by atoms with Gasteiger partial charge < -0.3 is 14.6 Å². The predicted molar refractivity (Wildman–Crippen MR) is 82.4 cm³/mol. The minimum atomic E-state index is 0.642. The van der Waals surface area contributed by atoms with Crippen molar-refractivity contribution >= 4 is 11.2 Å². The number of nitrogens with zero attached hydrogens (tertiary/aromatic N) is 5. The molecule has 0 radical (unpaired) electrons. The molecule has 0 saturated heterocycles. The number of aryl methyl sites for hydroxylation is 1. The van der Waals surface area contributed by atoms with E-state index in [0.29, 0.717) is 5.88 Å². The molecule has 0 aromatic carbocycles. The second kappa shape index (κ2) is 6.95. The lowest BCUT2D eigenvalue weighted by molar-refractivity contribution is 0.397. The summed E-state index contributed by atoms with van der Waals surface area (Å²) in [5, 5.41) is 3.41. The van der Waals surface area contributed by atoms with E-state index in [2.05, 4.69) is 25.3 Å². The Morgan fingerprint density at radius 1 is 1.27 bits per heavy atom. The van der Waals surface area contributed by atoms with Crippen molar-refractivity contribution in [3.63, 3.8) is 0 Å². The van der Waals surface area contributed by atoms with Crippen LogP contribution in [-0.4, -0.2) is 38.2 Å².